The zero-order chi connectivity index (χ0) is 12.7. The molecule has 3 nitrogen and oxygen atoms in total. The van der Waals surface area contributed by atoms with E-state index in [1.165, 1.54) is 5.56 Å². The molecule has 0 amide bonds. The minimum Gasteiger partial charge on any atom is -0.312 e. The minimum atomic E-state index is 0.464. The van der Waals surface area contributed by atoms with E-state index in [1.807, 2.05) is 12.4 Å². The molecule has 0 aromatic carbocycles. The molecule has 3 heteroatoms. The van der Waals surface area contributed by atoms with Gasteiger partial charge in [-0.1, -0.05) is 34.3 Å². The summed E-state index contributed by atoms with van der Waals surface area (Å²) in [5, 5.41) is 7.69. The van der Waals surface area contributed by atoms with E-state index in [9.17, 15) is 0 Å². The Kier molecular flexibility index (Phi) is 2.90. The second kappa shape index (κ2) is 3.98. The van der Waals surface area contributed by atoms with Crippen LogP contribution in [-0.4, -0.2) is 16.3 Å². The molecular formula is C14H23N3. The quantitative estimate of drug-likeness (QED) is 0.847. The van der Waals surface area contributed by atoms with Crippen LogP contribution in [0.1, 0.15) is 33.3 Å². The van der Waals surface area contributed by atoms with Gasteiger partial charge in [0.15, 0.2) is 0 Å². The first-order valence-corrected chi connectivity index (χ1v) is 6.26. The van der Waals surface area contributed by atoms with Crippen LogP contribution in [0.3, 0.4) is 0 Å². The van der Waals surface area contributed by atoms with Crippen LogP contribution in [0, 0.1) is 16.7 Å². The maximum absolute atomic E-state index is 4.16. The lowest BCUT2D eigenvalue weighted by molar-refractivity contribution is 0.457. The highest BCUT2D eigenvalue weighted by Crippen LogP contribution is 2.67. The zero-order valence-electron chi connectivity index (χ0n) is 11.3. The highest BCUT2D eigenvalue weighted by atomic mass is 15.2. The third-order valence-corrected chi connectivity index (χ3v) is 4.84. The lowest BCUT2D eigenvalue weighted by atomic mass is 10.0. The number of nitrogens with zero attached hydrogens (tertiary/aromatic N) is 2. The van der Waals surface area contributed by atoms with Crippen LogP contribution in [-0.2, 0) is 6.54 Å². The third kappa shape index (κ3) is 2.04. The Morgan fingerprint density at radius 2 is 2.06 bits per heavy atom. The molecule has 2 rings (SSSR count). The van der Waals surface area contributed by atoms with Crippen LogP contribution in [0.2, 0.25) is 0 Å². The fourth-order valence-electron chi connectivity index (χ4n) is 2.77. The molecule has 1 saturated carbocycles. The summed E-state index contributed by atoms with van der Waals surface area (Å²) in [5.41, 5.74) is 2.14. The predicted octanol–water partition coefficient (Wildman–Crippen LogP) is 2.76. The molecule has 0 spiro atoms. The van der Waals surface area contributed by atoms with E-state index in [-0.39, 0.29) is 0 Å². The van der Waals surface area contributed by atoms with E-state index in [1.54, 1.807) is 10.9 Å². The summed E-state index contributed by atoms with van der Waals surface area (Å²) in [6.45, 7) is 15.1. The molecule has 0 radical (unpaired) electrons. The molecule has 0 atom stereocenters. The van der Waals surface area contributed by atoms with Gasteiger partial charge in [-0.05, 0) is 23.3 Å². The Bertz CT molecular complexity index is 401. The lowest BCUT2D eigenvalue weighted by Crippen LogP contribution is -2.18. The molecule has 1 aliphatic carbocycles. The zero-order valence-corrected chi connectivity index (χ0v) is 11.3. The third-order valence-electron chi connectivity index (χ3n) is 4.84. The van der Waals surface area contributed by atoms with Crippen molar-refractivity contribution in [1.82, 2.24) is 15.1 Å². The lowest BCUT2D eigenvalue weighted by Gasteiger charge is -2.04. The summed E-state index contributed by atoms with van der Waals surface area (Å²) in [5.74, 6) is 0.768. The topological polar surface area (TPSA) is 29.9 Å². The Morgan fingerprint density at radius 3 is 2.53 bits per heavy atom. The molecule has 94 valence electrons. The summed E-state index contributed by atoms with van der Waals surface area (Å²) in [6, 6.07) is 0. The first-order chi connectivity index (χ1) is 7.89. The molecule has 17 heavy (non-hydrogen) atoms. The molecule has 1 heterocycles. The highest BCUT2D eigenvalue weighted by molar-refractivity contribution is 5.18. The highest BCUT2D eigenvalue weighted by Gasteiger charge is 2.63. The number of hydrogen-bond donors (Lipinski definition) is 1. The molecule has 0 unspecified atom stereocenters. The Morgan fingerprint density at radius 1 is 1.41 bits per heavy atom. The Balaban J connectivity index is 1.80. The molecule has 1 aromatic heterocycles. The van der Waals surface area contributed by atoms with Gasteiger partial charge in [-0.25, -0.2) is 4.68 Å². The summed E-state index contributed by atoms with van der Waals surface area (Å²) >= 11 is 0. The van der Waals surface area contributed by atoms with Gasteiger partial charge in [0, 0.05) is 24.5 Å². The van der Waals surface area contributed by atoms with Crippen molar-refractivity contribution in [2.45, 2.75) is 34.2 Å². The standard InChI is InChI=1S/C14H23N3/c1-6-17-10-11(8-16-17)7-15-9-12-13(2,3)14(12,4)5/h6,8,10,12,15H,1,7,9H2,2-5H3. The van der Waals surface area contributed by atoms with Crippen molar-refractivity contribution in [2.24, 2.45) is 16.7 Å². The molecule has 1 aliphatic rings. The normalized spacial score (nSPS) is 21.4. The van der Waals surface area contributed by atoms with Crippen LogP contribution < -0.4 is 5.32 Å². The summed E-state index contributed by atoms with van der Waals surface area (Å²) < 4.78 is 1.74. The van der Waals surface area contributed by atoms with Gasteiger partial charge in [-0.3, -0.25) is 0 Å². The molecule has 1 aromatic rings. The van der Waals surface area contributed by atoms with Gasteiger partial charge < -0.3 is 5.32 Å². The Labute approximate surface area is 104 Å². The summed E-state index contributed by atoms with van der Waals surface area (Å²) in [7, 11) is 0. The van der Waals surface area contributed by atoms with Gasteiger partial charge in [0.1, 0.15) is 0 Å². The van der Waals surface area contributed by atoms with Gasteiger partial charge in [-0.2, -0.15) is 5.10 Å². The maximum atomic E-state index is 4.16. The van der Waals surface area contributed by atoms with Gasteiger partial charge in [0.05, 0.1) is 6.20 Å². The van der Waals surface area contributed by atoms with Crippen molar-refractivity contribution < 1.29 is 0 Å². The van der Waals surface area contributed by atoms with Crippen molar-refractivity contribution >= 4 is 6.20 Å². The molecule has 0 aliphatic heterocycles. The first-order valence-electron chi connectivity index (χ1n) is 6.26. The first kappa shape index (κ1) is 12.4. The second-order valence-corrected chi connectivity index (χ2v) is 6.14. The molecule has 0 bridgehead atoms. The minimum absolute atomic E-state index is 0.464. The number of aromatic nitrogens is 2. The number of hydrogen-bond acceptors (Lipinski definition) is 2. The molecule has 0 saturated heterocycles. The van der Waals surface area contributed by atoms with Gasteiger partial charge in [0.2, 0.25) is 0 Å². The average Bonchev–Trinajstić information content (AvgIpc) is 2.64. The van der Waals surface area contributed by atoms with Crippen molar-refractivity contribution in [1.29, 1.82) is 0 Å². The largest absolute Gasteiger partial charge is 0.312 e. The van der Waals surface area contributed by atoms with Crippen molar-refractivity contribution in [2.75, 3.05) is 6.54 Å². The summed E-state index contributed by atoms with van der Waals surface area (Å²) in [6.07, 6.45) is 5.59. The number of rotatable bonds is 5. The van der Waals surface area contributed by atoms with E-state index < -0.39 is 0 Å². The molecular weight excluding hydrogens is 210 g/mol. The van der Waals surface area contributed by atoms with Crippen LogP contribution in [0.15, 0.2) is 19.0 Å². The van der Waals surface area contributed by atoms with E-state index in [2.05, 4.69) is 44.7 Å². The maximum Gasteiger partial charge on any atom is 0.0538 e. The van der Waals surface area contributed by atoms with Gasteiger partial charge in [0.25, 0.3) is 0 Å². The SMILES string of the molecule is C=Cn1cc(CNCC2C(C)(C)C2(C)C)cn1. The van der Waals surface area contributed by atoms with E-state index in [4.69, 9.17) is 0 Å². The van der Waals surface area contributed by atoms with E-state index in [0.717, 1.165) is 19.0 Å². The average molecular weight is 233 g/mol. The summed E-state index contributed by atoms with van der Waals surface area (Å²) in [4.78, 5) is 0. The van der Waals surface area contributed by atoms with Crippen LogP contribution >= 0.6 is 0 Å². The second-order valence-electron chi connectivity index (χ2n) is 6.14. The van der Waals surface area contributed by atoms with Crippen molar-refractivity contribution in [3.8, 4) is 0 Å². The van der Waals surface area contributed by atoms with Crippen molar-refractivity contribution in [3.63, 3.8) is 0 Å². The fraction of sp³-hybridized carbons (Fsp3) is 0.643. The molecule has 1 fully saturated rings. The predicted molar refractivity (Wildman–Crippen MR) is 71.4 cm³/mol. The van der Waals surface area contributed by atoms with E-state index >= 15 is 0 Å². The van der Waals surface area contributed by atoms with E-state index in [0.29, 0.717) is 10.8 Å². The fourth-order valence-corrected chi connectivity index (χ4v) is 2.77. The van der Waals surface area contributed by atoms with Crippen LogP contribution in [0.25, 0.3) is 6.20 Å². The van der Waals surface area contributed by atoms with Gasteiger partial charge >= 0.3 is 0 Å². The smallest absolute Gasteiger partial charge is 0.0538 e. The van der Waals surface area contributed by atoms with Crippen LogP contribution in [0.5, 0.6) is 0 Å². The van der Waals surface area contributed by atoms with Crippen molar-refractivity contribution in [3.05, 3.63) is 24.5 Å². The Hall–Kier alpha value is -1.09. The monoisotopic (exact) mass is 233 g/mol. The molecule has 1 N–H and O–H groups in total. The van der Waals surface area contributed by atoms with Crippen LogP contribution in [0.4, 0.5) is 0 Å². The van der Waals surface area contributed by atoms with Gasteiger partial charge in [-0.15, -0.1) is 0 Å². The number of nitrogens with one attached hydrogen (secondary N) is 1.